The van der Waals surface area contributed by atoms with Gasteiger partial charge in [0.05, 0.1) is 11.3 Å². The van der Waals surface area contributed by atoms with Gasteiger partial charge < -0.3 is 4.74 Å². The van der Waals surface area contributed by atoms with Gasteiger partial charge in [0.15, 0.2) is 0 Å². The largest absolute Gasteiger partial charge is 0.436 e. The van der Waals surface area contributed by atoms with Crippen LogP contribution in [0, 0.1) is 11.3 Å². The summed E-state index contributed by atoms with van der Waals surface area (Å²) in [4.78, 5) is 4.28. The fourth-order valence-corrected chi connectivity index (χ4v) is 2.10. The molecule has 0 aliphatic carbocycles. The summed E-state index contributed by atoms with van der Waals surface area (Å²) in [6, 6.07) is 11.2. The Morgan fingerprint density at radius 2 is 2.00 bits per heavy atom. The van der Waals surface area contributed by atoms with E-state index in [0.717, 1.165) is 11.2 Å². The second kappa shape index (κ2) is 5.15. The van der Waals surface area contributed by atoms with Gasteiger partial charge in [-0.25, -0.2) is 9.50 Å². The summed E-state index contributed by atoms with van der Waals surface area (Å²) < 4.78 is 7.59. The van der Waals surface area contributed by atoms with Gasteiger partial charge in [0, 0.05) is 17.8 Å². The van der Waals surface area contributed by atoms with Crippen LogP contribution < -0.4 is 4.74 Å². The third kappa shape index (κ3) is 2.51. The number of rotatable bonds is 2. The number of aromatic nitrogens is 3. The Morgan fingerprint density at radius 3 is 2.73 bits per heavy atom. The molecule has 2 aromatic heterocycles. The molecule has 0 radical (unpaired) electrons. The van der Waals surface area contributed by atoms with Crippen molar-refractivity contribution in [3.8, 4) is 17.7 Å². The summed E-state index contributed by atoms with van der Waals surface area (Å²) in [7, 11) is 0. The Labute approximate surface area is 128 Å². The molecule has 1 aromatic carbocycles. The first-order valence-electron chi connectivity index (χ1n) is 7.01. The number of para-hydroxylation sites is 1. The van der Waals surface area contributed by atoms with Crippen LogP contribution >= 0.6 is 0 Å². The van der Waals surface area contributed by atoms with Crippen molar-refractivity contribution in [1.29, 1.82) is 5.26 Å². The zero-order valence-electron chi connectivity index (χ0n) is 12.7. The summed E-state index contributed by atoms with van der Waals surface area (Å²) in [6.07, 6.45) is 3.42. The molecule has 0 aliphatic heterocycles. The zero-order valence-corrected chi connectivity index (χ0v) is 12.7. The van der Waals surface area contributed by atoms with Gasteiger partial charge in [0.25, 0.3) is 0 Å². The molecule has 0 atom stereocenters. The smallest absolute Gasteiger partial charge is 0.245 e. The summed E-state index contributed by atoms with van der Waals surface area (Å²) in [5.41, 5.74) is 2.15. The maximum absolute atomic E-state index is 9.15. The van der Waals surface area contributed by atoms with Gasteiger partial charge in [-0.1, -0.05) is 32.9 Å². The molecule has 0 aliphatic rings. The van der Waals surface area contributed by atoms with Crippen LogP contribution in [0.3, 0.4) is 0 Å². The van der Waals surface area contributed by atoms with Gasteiger partial charge in [-0.2, -0.15) is 10.4 Å². The lowest BCUT2D eigenvalue weighted by Crippen LogP contribution is -2.11. The van der Waals surface area contributed by atoms with E-state index in [-0.39, 0.29) is 5.41 Å². The van der Waals surface area contributed by atoms with Crippen molar-refractivity contribution in [2.75, 3.05) is 0 Å². The van der Waals surface area contributed by atoms with E-state index in [2.05, 4.69) is 36.9 Å². The molecular weight excluding hydrogens is 276 g/mol. The van der Waals surface area contributed by atoms with E-state index in [1.54, 1.807) is 35.1 Å². The predicted molar refractivity (Wildman–Crippen MR) is 82.9 cm³/mol. The monoisotopic (exact) mass is 292 g/mol. The van der Waals surface area contributed by atoms with Gasteiger partial charge in [0.2, 0.25) is 5.88 Å². The van der Waals surface area contributed by atoms with Crippen molar-refractivity contribution >= 4 is 5.52 Å². The Balaban J connectivity index is 2.08. The maximum atomic E-state index is 9.15. The average Bonchev–Trinajstić information content (AvgIpc) is 2.93. The topological polar surface area (TPSA) is 63.2 Å². The number of hydrogen-bond acceptors (Lipinski definition) is 4. The minimum absolute atomic E-state index is 0.0617. The first kappa shape index (κ1) is 14.1. The van der Waals surface area contributed by atoms with Gasteiger partial charge >= 0.3 is 0 Å². The van der Waals surface area contributed by atoms with Crippen LogP contribution in [-0.4, -0.2) is 14.6 Å². The predicted octanol–water partition coefficient (Wildman–Crippen LogP) is 3.69. The summed E-state index contributed by atoms with van der Waals surface area (Å²) >= 11 is 0. The second-order valence-electron chi connectivity index (χ2n) is 6.05. The molecule has 0 spiro atoms. The van der Waals surface area contributed by atoms with E-state index in [0.29, 0.717) is 17.2 Å². The lowest BCUT2D eigenvalue weighted by Gasteiger charge is -2.13. The van der Waals surface area contributed by atoms with E-state index in [1.165, 1.54) is 0 Å². The minimum Gasteiger partial charge on any atom is -0.436 e. The number of fused-ring (bicyclic) bond motifs is 1. The molecule has 22 heavy (non-hydrogen) atoms. The van der Waals surface area contributed by atoms with Gasteiger partial charge in [-0.3, -0.25) is 0 Å². The molecule has 110 valence electrons. The van der Waals surface area contributed by atoms with Crippen molar-refractivity contribution < 1.29 is 4.74 Å². The van der Waals surface area contributed by atoms with Crippen LogP contribution in [0.1, 0.15) is 32.0 Å². The van der Waals surface area contributed by atoms with E-state index in [4.69, 9.17) is 10.00 Å². The van der Waals surface area contributed by atoms with Crippen molar-refractivity contribution in [1.82, 2.24) is 14.6 Å². The standard InChI is InChI=1S/C17H16N4O/c1-17(2,3)15-10-13-16(19-8-9-21(13)20-15)22-14-7-5-4-6-12(14)11-18/h4-10H,1-3H3. The molecule has 0 saturated heterocycles. The van der Waals surface area contributed by atoms with Crippen LogP contribution in [0.15, 0.2) is 42.7 Å². The third-order valence-electron chi connectivity index (χ3n) is 3.34. The van der Waals surface area contributed by atoms with Crippen LogP contribution in [-0.2, 0) is 5.41 Å². The van der Waals surface area contributed by atoms with Crippen LogP contribution in [0.2, 0.25) is 0 Å². The molecule has 0 bridgehead atoms. The third-order valence-corrected chi connectivity index (χ3v) is 3.34. The van der Waals surface area contributed by atoms with Crippen LogP contribution in [0.5, 0.6) is 11.6 Å². The zero-order chi connectivity index (χ0) is 15.7. The molecule has 0 unspecified atom stereocenters. The summed E-state index contributed by atoms with van der Waals surface area (Å²) in [5, 5.41) is 13.7. The van der Waals surface area contributed by atoms with E-state index >= 15 is 0 Å². The molecule has 0 fully saturated rings. The first-order chi connectivity index (χ1) is 10.5. The molecule has 0 saturated carbocycles. The Kier molecular flexibility index (Phi) is 3.30. The Bertz CT molecular complexity index is 868. The number of hydrogen-bond donors (Lipinski definition) is 0. The van der Waals surface area contributed by atoms with Crippen LogP contribution in [0.4, 0.5) is 0 Å². The molecular formula is C17H16N4O. The molecule has 5 heteroatoms. The van der Waals surface area contributed by atoms with Gasteiger partial charge in [0.1, 0.15) is 17.3 Å². The van der Waals surface area contributed by atoms with Crippen molar-refractivity contribution in [3.63, 3.8) is 0 Å². The quantitative estimate of drug-likeness (QED) is 0.722. The van der Waals surface area contributed by atoms with Crippen molar-refractivity contribution in [2.24, 2.45) is 0 Å². The number of ether oxygens (including phenoxy) is 1. The molecule has 0 N–H and O–H groups in total. The fraction of sp³-hybridized carbons (Fsp3) is 0.235. The van der Waals surface area contributed by atoms with Gasteiger partial charge in [-0.05, 0) is 18.2 Å². The highest BCUT2D eigenvalue weighted by Crippen LogP contribution is 2.29. The molecule has 2 heterocycles. The highest BCUT2D eigenvalue weighted by Gasteiger charge is 2.20. The highest BCUT2D eigenvalue weighted by atomic mass is 16.5. The van der Waals surface area contributed by atoms with E-state index < -0.39 is 0 Å². The second-order valence-corrected chi connectivity index (χ2v) is 6.05. The molecule has 0 amide bonds. The molecule has 3 aromatic rings. The van der Waals surface area contributed by atoms with Crippen molar-refractivity contribution in [3.05, 3.63) is 54.0 Å². The average molecular weight is 292 g/mol. The first-order valence-corrected chi connectivity index (χ1v) is 7.01. The van der Waals surface area contributed by atoms with Crippen molar-refractivity contribution in [2.45, 2.75) is 26.2 Å². The Hall–Kier alpha value is -2.87. The fourth-order valence-electron chi connectivity index (χ4n) is 2.10. The van der Waals surface area contributed by atoms with E-state index in [1.807, 2.05) is 12.1 Å². The normalized spacial score (nSPS) is 11.4. The Morgan fingerprint density at radius 1 is 1.23 bits per heavy atom. The summed E-state index contributed by atoms with van der Waals surface area (Å²) in [6.45, 7) is 6.31. The number of benzene rings is 1. The minimum atomic E-state index is -0.0617. The number of nitriles is 1. The van der Waals surface area contributed by atoms with Gasteiger partial charge in [-0.15, -0.1) is 0 Å². The maximum Gasteiger partial charge on any atom is 0.245 e. The van der Waals surface area contributed by atoms with E-state index in [9.17, 15) is 0 Å². The lowest BCUT2D eigenvalue weighted by molar-refractivity contribution is 0.464. The SMILES string of the molecule is CC(C)(C)c1cc2c(Oc3ccccc3C#N)nccn2n1. The highest BCUT2D eigenvalue weighted by molar-refractivity contribution is 5.59. The molecule has 3 rings (SSSR count). The lowest BCUT2D eigenvalue weighted by atomic mass is 9.92. The molecule has 5 nitrogen and oxygen atoms in total. The van der Waals surface area contributed by atoms with Crippen LogP contribution in [0.25, 0.3) is 5.52 Å². The number of nitrogens with zero attached hydrogens (tertiary/aromatic N) is 4. The summed E-state index contributed by atoms with van der Waals surface area (Å²) in [5.74, 6) is 0.928.